The van der Waals surface area contributed by atoms with Crippen LogP contribution < -0.4 is 5.32 Å². The molecule has 0 aliphatic heterocycles. The molecule has 104 valence electrons. The Balaban J connectivity index is 1.91. The molecule has 20 heavy (non-hydrogen) atoms. The average molecular weight is 267 g/mol. The minimum atomic E-state index is 0.639. The van der Waals surface area contributed by atoms with E-state index >= 15 is 0 Å². The molecule has 1 aliphatic rings. The molecule has 2 atom stereocenters. The quantitative estimate of drug-likeness (QED) is 0.890. The Kier molecular flexibility index (Phi) is 3.75. The molecule has 0 saturated heterocycles. The van der Waals surface area contributed by atoms with Gasteiger partial charge in [0.2, 0.25) is 0 Å². The maximum absolute atomic E-state index is 9.17. The second-order valence-corrected chi connectivity index (χ2v) is 5.72. The second-order valence-electron chi connectivity index (χ2n) is 5.72. The van der Waals surface area contributed by atoms with E-state index in [1.165, 1.54) is 24.8 Å². The number of rotatable bonds is 4. The molecule has 0 radical (unpaired) electrons. The predicted octanol–water partition coefficient (Wildman–Crippen LogP) is 3.53. The first-order valence-electron chi connectivity index (χ1n) is 7.55. The van der Waals surface area contributed by atoms with Gasteiger partial charge in [-0.1, -0.05) is 19.4 Å². The fourth-order valence-electron chi connectivity index (χ4n) is 3.51. The summed E-state index contributed by atoms with van der Waals surface area (Å²) in [4.78, 5) is 3.17. The van der Waals surface area contributed by atoms with E-state index in [4.69, 9.17) is 5.26 Å². The zero-order valence-corrected chi connectivity index (χ0v) is 11.9. The summed E-state index contributed by atoms with van der Waals surface area (Å²) >= 11 is 0. The van der Waals surface area contributed by atoms with Crippen molar-refractivity contribution < 1.29 is 0 Å². The van der Waals surface area contributed by atoms with Gasteiger partial charge < -0.3 is 10.3 Å². The predicted molar refractivity (Wildman–Crippen MR) is 81.6 cm³/mol. The van der Waals surface area contributed by atoms with Gasteiger partial charge in [0.05, 0.1) is 5.56 Å². The third-order valence-electron chi connectivity index (χ3n) is 4.57. The average Bonchev–Trinajstić information content (AvgIpc) is 3.10. The van der Waals surface area contributed by atoms with Gasteiger partial charge in [-0.2, -0.15) is 5.26 Å². The number of H-pyrrole nitrogens is 1. The van der Waals surface area contributed by atoms with Crippen molar-refractivity contribution in [2.45, 2.75) is 32.1 Å². The fraction of sp³-hybridized carbons (Fsp3) is 0.471. The van der Waals surface area contributed by atoms with E-state index in [2.05, 4.69) is 41.5 Å². The standard InChI is InChI=1S/C17H21N3/c1-2-19-10-13-4-3-5-15(13)12-6-7-17-16(8-12)14(9-18)11-20-17/h6-8,11,13,15,19-20H,2-5,10H2,1H3/t13-,15-/m1/s1. The highest BCUT2D eigenvalue weighted by atomic mass is 14.8. The van der Waals surface area contributed by atoms with Gasteiger partial charge in [0, 0.05) is 17.1 Å². The highest BCUT2D eigenvalue weighted by molar-refractivity contribution is 5.86. The number of hydrogen-bond acceptors (Lipinski definition) is 2. The van der Waals surface area contributed by atoms with Gasteiger partial charge in [0.15, 0.2) is 0 Å². The summed E-state index contributed by atoms with van der Waals surface area (Å²) in [5.41, 5.74) is 3.21. The molecule has 0 spiro atoms. The largest absolute Gasteiger partial charge is 0.360 e. The van der Waals surface area contributed by atoms with Crippen LogP contribution in [0.3, 0.4) is 0 Å². The molecule has 3 nitrogen and oxygen atoms in total. The number of fused-ring (bicyclic) bond motifs is 1. The molecule has 2 aromatic rings. The fourth-order valence-corrected chi connectivity index (χ4v) is 3.51. The van der Waals surface area contributed by atoms with E-state index in [9.17, 15) is 0 Å². The van der Waals surface area contributed by atoms with E-state index in [1.54, 1.807) is 6.20 Å². The Labute approximate surface area is 120 Å². The van der Waals surface area contributed by atoms with Crippen molar-refractivity contribution in [2.24, 2.45) is 5.92 Å². The van der Waals surface area contributed by atoms with Gasteiger partial charge in [0.25, 0.3) is 0 Å². The Hall–Kier alpha value is -1.79. The first-order valence-corrected chi connectivity index (χ1v) is 7.55. The molecule has 1 fully saturated rings. The van der Waals surface area contributed by atoms with Crippen molar-refractivity contribution in [3.8, 4) is 6.07 Å². The molecule has 0 bridgehead atoms. The zero-order chi connectivity index (χ0) is 13.9. The number of nitrogens with zero attached hydrogens (tertiary/aromatic N) is 1. The van der Waals surface area contributed by atoms with Crippen LogP contribution >= 0.6 is 0 Å². The molecule has 0 unspecified atom stereocenters. The topological polar surface area (TPSA) is 51.6 Å². The maximum atomic E-state index is 9.17. The molecule has 1 aromatic heterocycles. The second kappa shape index (κ2) is 5.68. The summed E-state index contributed by atoms with van der Waals surface area (Å²) in [5, 5.41) is 13.7. The lowest BCUT2D eigenvalue weighted by atomic mass is 9.88. The Bertz CT molecular complexity index is 635. The van der Waals surface area contributed by atoms with Gasteiger partial charge in [-0.05, 0) is 55.5 Å². The molecular weight excluding hydrogens is 246 g/mol. The minimum absolute atomic E-state index is 0.639. The first kappa shape index (κ1) is 13.2. The monoisotopic (exact) mass is 267 g/mol. The number of nitrogens with one attached hydrogen (secondary N) is 2. The van der Waals surface area contributed by atoms with Crippen molar-refractivity contribution in [1.29, 1.82) is 5.26 Å². The number of benzene rings is 1. The highest BCUT2D eigenvalue weighted by Crippen LogP contribution is 2.40. The van der Waals surface area contributed by atoms with Crippen LogP contribution in [0.2, 0.25) is 0 Å². The van der Waals surface area contributed by atoms with E-state index in [-0.39, 0.29) is 0 Å². The molecule has 0 amide bonds. The zero-order valence-electron chi connectivity index (χ0n) is 11.9. The number of hydrogen-bond donors (Lipinski definition) is 2. The summed E-state index contributed by atoms with van der Waals surface area (Å²) in [6.45, 7) is 4.31. The van der Waals surface area contributed by atoms with Gasteiger partial charge in [0.1, 0.15) is 6.07 Å². The SMILES string of the molecule is CCNC[C@H]1CCC[C@@H]1c1ccc2[nH]cc(C#N)c2c1. The van der Waals surface area contributed by atoms with Crippen LogP contribution in [-0.2, 0) is 0 Å². The molecular formula is C17H21N3. The molecule has 3 heteroatoms. The number of nitriles is 1. The molecule has 1 aliphatic carbocycles. The molecule has 1 saturated carbocycles. The molecule has 3 rings (SSSR count). The first-order chi connectivity index (χ1) is 9.83. The third-order valence-corrected chi connectivity index (χ3v) is 4.57. The molecule has 2 N–H and O–H groups in total. The van der Waals surface area contributed by atoms with E-state index in [0.717, 1.165) is 35.5 Å². The lowest BCUT2D eigenvalue weighted by molar-refractivity contribution is 0.450. The summed E-state index contributed by atoms with van der Waals surface area (Å²) in [6.07, 6.45) is 5.71. The summed E-state index contributed by atoms with van der Waals surface area (Å²) < 4.78 is 0. The van der Waals surface area contributed by atoms with Crippen LogP contribution in [0, 0.1) is 17.2 Å². The van der Waals surface area contributed by atoms with Crippen LogP contribution in [0.5, 0.6) is 0 Å². The van der Waals surface area contributed by atoms with Crippen molar-refractivity contribution in [1.82, 2.24) is 10.3 Å². The lowest BCUT2D eigenvalue weighted by Crippen LogP contribution is -2.24. The van der Waals surface area contributed by atoms with Crippen LogP contribution in [0.4, 0.5) is 0 Å². The van der Waals surface area contributed by atoms with Gasteiger partial charge in [-0.3, -0.25) is 0 Å². The normalized spacial score (nSPS) is 22.2. The van der Waals surface area contributed by atoms with Crippen LogP contribution in [0.1, 0.15) is 43.2 Å². The van der Waals surface area contributed by atoms with Crippen LogP contribution in [0.15, 0.2) is 24.4 Å². The van der Waals surface area contributed by atoms with E-state index in [0.29, 0.717) is 5.92 Å². The minimum Gasteiger partial charge on any atom is -0.360 e. The maximum Gasteiger partial charge on any atom is 0.101 e. The third kappa shape index (κ3) is 2.32. The molecule has 1 aromatic carbocycles. The van der Waals surface area contributed by atoms with Crippen molar-refractivity contribution in [3.63, 3.8) is 0 Å². The van der Waals surface area contributed by atoms with Crippen molar-refractivity contribution in [2.75, 3.05) is 13.1 Å². The Morgan fingerprint density at radius 2 is 2.30 bits per heavy atom. The summed E-state index contributed by atoms with van der Waals surface area (Å²) in [6, 6.07) is 8.84. The van der Waals surface area contributed by atoms with Crippen molar-refractivity contribution in [3.05, 3.63) is 35.5 Å². The Morgan fingerprint density at radius 3 is 3.10 bits per heavy atom. The number of aromatic amines is 1. The van der Waals surface area contributed by atoms with Crippen LogP contribution in [0.25, 0.3) is 10.9 Å². The molecule has 1 heterocycles. The summed E-state index contributed by atoms with van der Waals surface area (Å²) in [5.74, 6) is 1.37. The lowest BCUT2D eigenvalue weighted by Gasteiger charge is -2.20. The number of aromatic nitrogens is 1. The Morgan fingerprint density at radius 1 is 1.40 bits per heavy atom. The van der Waals surface area contributed by atoms with Gasteiger partial charge in [-0.15, -0.1) is 0 Å². The van der Waals surface area contributed by atoms with Gasteiger partial charge >= 0.3 is 0 Å². The smallest absolute Gasteiger partial charge is 0.101 e. The van der Waals surface area contributed by atoms with Crippen LogP contribution in [-0.4, -0.2) is 18.1 Å². The van der Waals surface area contributed by atoms with Gasteiger partial charge in [-0.25, -0.2) is 0 Å². The highest BCUT2D eigenvalue weighted by Gasteiger charge is 2.28. The van der Waals surface area contributed by atoms with Crippen molar-refractivity contribution >= 4 is 10.9 Å². The van der Waals surface area contributed by atoms with E-state index in [1.807, 2.05) is 0 Å². The van der Waals surface area contributed by atoms with E-state index < -0.39 is 0 Å². The summed E-state index contributed by atoms with van der Waals surface area (Å²) in [7, 11) is 0.